The van der Waals surface area contributed by atoms with Gasteiger partial charge in [0, 0.05) is 5.33 Å². The van der Waals surface area contributed by atoms with Crippen molar-refractivity contribution < 1.29 is 0 Å². The topological polar surface area (TPSA) is 28.7 Å². The lowest BCUT2D eigenvalue weighted by molar-refractivity contribution is 1.27. The Labute approximate surface area is 86.6 Å². The maximum atomic E-state index is 4.23. The highest BCUT2D eigenvalue weighted by molar-refractivity contribution is 9.10. The first-order valence-corrected chi connectivity index (χ1v) is 5.41. The van der Waals surface area contributed by atoms with Gasteiger partial charge in [-0.05, 0) is 33.6 Å². The summed E-state index contributed by atoms with van der Waals surface area (Å²) >= 11 is 6.70. The minimum atomic E-state index is 0.782. The quantitative estimate of drug-likeness (QED) is 0.803. The fourth-order valence-electron chi connectivity index (χ4n) is 1.11. The summed E-state index contributed by atoms with van der Waals surface area (Å²) in [5, 5.41) is 0.875. The Bertz CT molecular complexity index is 408. The molecule has 0 aliphatic rings. The third-order valence-electron chi connectivity index (χ3n) is 1.67. The van der Waals surface area contributed by atoms with Gasteiger partial charge in [-0.15, -0.1) is 0 Å². The molecule has 0 spiro atoms. The molecular formula is C8H6Br2N2. The molecule has 12 heavy (non-hydrogen) atoms. The Hall–Kier alpha value is -0.350. The van der Waals surface area contributed by atoms with Gasteiger partial charge in [0.1, 0.15) is 0 Å². The average Bonchev–Trinajstić information content (AvgIpc) is 2.43. The molecule has 1 heterocycles. The summed E-state index contributed by atoms with van der Waals surface area (Å²) in [6.07, 6.45) is 0. The largest absolute Gasteiger partial charge is 0.332 e. The number of fused-ring (bicyclic) bond motifs is 1. The monoisotopic (exact) mass is 288 g/mol. The van der Waals surface area contributed by atoms with Crippen molar-refractivity contribution in [3.8, 4) is 0 Å². The van der Waals surface area contributed by atoms with Crippen LogP contribution in [-0.4, -0.2) is 9.97 Å². The van der Waals surface area contributed by atoms with Gasteiger partial charge >= 0.3 is 0 Å². The molecule has 0 amide bonds. The van der Waals surface area contributed by atoms with Crippen LogP contribution in [-0.2, 0) is 5.33 Å². The Morgan fingerprint density at radius 3 is 3.00 bits per heavy atom. The number of hydrogen-bond donors (Lipinski definition) is 1. The molecule has 1 aromatic heterocycles. The molecule has 62 valence electrons. The lowest BCUT2D eigenvalue weighted by atomic mass is 10.2. The standard InChI is InChI=1S/C8H6Br2N2/c9-4-5-1-2-6-7(3-5)12-8(10)11-6/h1-3H,4H2,(H,11,12). The van der Waals surface area contributed by atoms with Gasteiger partial charge in [0.25, 0.3) is 0 Å². The average molecular weight is 290 g/mol. The summed E-state index contributed by atoms with van der Waals surface area (Å²) in [7, 11) is 0. The van der Waals surface area contributed by atoms with Crippen LogP contribution in [0.3, 0.4) is 0 Å². The second kappa shape index (κ2) is 3.18. The highest BCUT2D eigenvalue weighted by Gasteiger charge is 1.99. The zero-order chi connectivity index (χ0) is 8.55. The van der Waals surface area contributed by atoms with E-state index in [0.717, 1.165) is 21.1 Å². The molecule has 1 N–H and O–H groups in total. The predicted octanol–water partition coefficient (Wildman–Crippen LogP) is 3.22. The molecule has 0 fully saturated rings. The first kappa shape index (κ1) is 8.26. The number of nitrogens with one attached hydrogen (secondary N) is 1. The SMILES string of the molecule is BrCc1ccc2nc(Br)[nH]c2c1. The molecule has 0 aliphatic carbocycles. The highest BCUT2D eigenvalue weighted by Crippen LogP contribution is 2.17. The molecule has 0 saturated heterocycles. The number of imidazole rings is 1. The van der Waals surface area contributed by atoms with Crippen molar-refractivity contribution in [2.45, 2.75) is 5.33 Å². The van der Waals surface area contributed by atoms with Crippen LogP contribution < -0.4 is 0 Å². The molecular weight excluding hydrogens is 284 g/mol. The normalized spacial score (nSPS) is 10.8. The second-order valence-corrected chi connectivity index (χ2v) is 3.82. The molecule has 0 unspecified atom stereocenters. The lowest BCUT2D eigenvalue weighted by Crippen LogP contribution is -1.76. The number of aromatic nitrogens is 2. The number of H-pyrrole nitrogens is 1. The number of benzene rings is 1. The molecule has 0 atom stereocenters. The van der Waals surface area contributed by atoms with Crippen molar-refractivity contribution in [2.75, 3.05) is 0 Å². The third-order valence-corrected chi connectivity index (χ3v) is 2.69. The van der Waals surface area contributed by atoms with E-state index in [4.69, 9.17) is 0 Å². The number of aromatic amines is 1. The van der Waals surface area contributed by atoms with Crippen LogP contribution in [0.15, 0.2) is 22.9 Å². The second-order valence-electron chi connectivity index (χ2n) is 2.51. The summed E-state index contributed by atoms with van der Waals surface area (Å²) in [6.45, 7) is 0. The molecule has 4 heteroatoms. The Balaban J connectivity index is 2.66. The van der Waals surface area contributed by atoms with E-state index >= 15 is 0 Å². The van der Waals surface area contributed by atoms with E-state index in [0.29, 0.717) is 0 Å². The maximum absolute atomic E-state index is 4.23. The van der Waals surface area contributed by atoms with Crippen LogP contribution in [0, 0.1) is 0 Å². The van der Waals surface area contributed by atoms with Crippen molar-refractivity contribution in [1.29, 1.82) is 0 Å². The molecule has 2 aromatic rings. The fraction of sp³-hybridized carbons (Fsp3) is 0.125. The highest BCUT2D eigenvalue weighted by atomic mass is 79.9. The summed E-state index contributed by atoms with van der Waals surface area (Å²) in [6, 6.07) is 6.15. The molecule has 2 rings (SSSR count). The van der Waals surface area contributed by atoms with Gasteiger partial charge in [-0.1, -0.05) is 22.0 Å². The molecule has 2 nitrogen and oxygen atoms in total. The fourth-order valence-corrected chi connectivity index (χ4v) is 1.86. The Morgan fingerprint density at radius 1 is 1.42 bits per heavy atom. The van der Waals surface area contributed by atoms with E-state index in [-0.39, 0.29) is 0 Å². The number of rotatable bonds is 1. The van der Waals surface area contributed by atoms with Crippen LogP contribution >= 0.6 is 31.9 Å². The minimum absolute atomic E-state index is 0.782. The number of halogens is 2. The van der Waals surface area contributed by atoms with Crippen LogP contribution in [0.4, 0.5) is 0 Å². The molecule has 0 bridgehead atoms. The van der Waals surface area contributed by atoms with E-state index in [2.05, 4.69) is 54.0 Å². The summed E-state index contributed by atoms with van der Waals surface area (Å²) in [5.74, 6) is 0. The van der Waals surface area contributed by atoms with Crippen LogP contribution in [0.25, 0.3) is 11.0 Å². The first-order valence-electron chi connectivity index (χ1n) is 3.50. The summed E-state index contributed by atoms with van der Waals surface area (Å²) in [5.41, 5.74) is 3.31. The van der Waals surface area contributed by atoms with Crippen LogP contribution in [0.1, 0.15) is 5.56 Å². The maximum Gasteiger partial charge on any atom is 0.175 e. The van der Waals surface area contributed by atoms with Gasteiger partial charge in [-0.3, -0.25) is 0 Å². The number of alkyl halides is 1. The van der Waals surface area contributed by atoms with Crippen molar-refractivity contribution in [3.63, 3.8) is 0 Å². The van der Waals surface area contributed by atoms with Crippen molar-refractivity contribution in [2.24, 2.45) is 0 Å². The van der Waals surface area contributed by atoms with E-state index < -0.39 is 0 Å². The van der Waals surface area contributed by atoms with E-state index in [1.54, 1.807) is 0 Å². The van der Waals surface area contributed by atoms with Gasteiger partial charge in [0.05, 0.1) is 11.0 Å². The molecule has 0 saturated carbocycles. The Kier molecular flexibility index (Phi) is 2.19. The summed E-state index contributed by atoms with van der Waals surface area (Å²) in [4.78, 5) is 7.35. The van der Waals surface area contributed by atoms with E-state index in [1.165, 1.54) is 5.56 Å². The van der Waals surface area contributed by atoms with E-state index in [9.17, 15) is 0 Å². The molecule has 0 aliphatic heterocycles. The smallest absolute Gasteiger partial charge is 0.175 e. The van der Waals surface area contributed by atoms with Crippen LogP contribution in [0.2, 0.25) is 0 Å². The van der Waals surface area contributed by atoms with Gasteiger partial charge < -0.3 is 4.98 Å². The zero-order valence-electron chi connectivity index (χ0n) is 6.14. The third kappa shape index (κ3) is 1.41. The molecule has 1 aromatic carbocycles. The minimum Gasteiger partial charge on any atom is -0.332 e. The summed E-state index contributed by atoms with van der Waals surface area (Å²) < 4.78 is 0.782. The Morgan fingerprint density at radius 2 is 2.25 bits per heavy atom. The van der Waals surface area contributed by atoms with Crippen molar-refractivity contribution >= 4 is 42.9 Å². The molecule has 0 radical (unpaired) electrons. The van der Waals surface area contributed by atoms with Gasteiger partial charge in [0.15, 0.2) is 4.73 Å². The van der Waals surface area contributed by atoms with Crippen molar-refractivity contribution in [1.82, 2.24) is 9.97 Å². The predicted molar refractivity (Wildman–Crippen MR) is 56.4 cm³/mol. The first-order chi connectivity index (χ1) is 5.79. The van der Waals surface area contributed by atoms with E-state index in [1.807, 2.05) is 6.07 Å². The number of nitrogens with zero attached hydrogens (tertiary/aromatic N) is 1. The van der Waals surface area contributed by atoms with Gasteiger partial charge in [-0.2, -0.15) is 0 Å². The number of hydrogen-bond acceptors (Lipinski definition) is 1. The van der Waals surface area contributed by atoms with Gasteiger partial charge in [0.2, 0.25) is 0 Å². The lowest BCUT2D eigenvalue weighted by Gasteiger charge is -1.92. The van der Waals surface area contributed by atoms with Crippen LogP contribution in [0.5, 0.6) is 0 Å². The zero-order valence-corrected chi connectivity index (χ0v) is 9.31. The van der Waals surface area contributed by atoms with Crippen molar-refractivity contribution in [3.05, 3.63) is 28.5 Å². The van der Waals surface area contributed by atoms with Gasteiger partial charge in [-0.25, -0.2) is 4.98 Å².